The van der Waals surface area contributed by atoms with E-state index in [1.807, 2.05) is 30.3 Å². The molecule has 0 aliphatic rings. The van der Waals surface area contributed by atoms with Gasteiger partial charge in [-0.3, -0.25) is 10.1 Å². The number of hydrogen-bond donors (Lipinski definition) is 2. The number of fused-ring (bicyclic) bond motifs is 1. The molecule has 0 radical (unpaired) electrons. The van der Waals surface area contributed by atoms with Crippen LogP contribution in [0.3, 0.4) is 0 Å². The van der Waals surface area contributed by atoms with Gasteiger partial charge in [-0.15, -0.1) is 0 Å². The largest absolute Gasteiger partial charge is 0.459 e. The van der Waals surface area contributed by atoms with Gasteiger partial charge in [-0.1, -0.05) is 26.0 Å². The van der Waals surface area contributed by atoms with Crippen LogP contribution < -0.4 is 10.6 Å². The van der Waals surface area contributed by atoms with E-state index in [0.717, 1.165) is 23.1 Å². The molecule has 1 unspecified atom stereocenters. The third-order valence-electron chi connectivity index (χ3n) is 4.93. The Morgan fingerprint density at radius 1 is 1.17 bits per heavy atom. The predicted molar refractivity (Wildman–Crippen MR) is 121 cm³/mol. The SMILES string of the molecule is CCC(C)c1ccc2oc(-c3cccc(NC(=S)NC(=O)c4ccco4)c3)nc2c1. The first-order valence-electron chi connectivity index (χ1n) is 9.70. The number of aromatic nitrogens is 1. The number of benzene rings is 2. The Bertz CT molecular complexity index is 1200. The van der Waals surface area contributed by atoms with Crippen molar-refractivity contribution >= 4 is 40.0 Å². The van der Waals surface area contributed by atoms with E-state index in [1.165, 1.54) is 11.8 Å². The minimum absolute atomic E-state index is 0.171. The number of carbonyl (C=O) groups is 1. The molecule has 0 aliphatic heterocycles. The van der Waals surface area contributed by atoms with E-state index >= 15 is 0 Å². The lowest BCUT2D eigenvalue weighted by Gasteiger charge is -2.09. The summed E-state index contributed by atoms with van der Waals surface area (Å²) in [6.07, 6.45) is 2.50. The summed E-state index contributed by atoms with van der Waals surface area (Å²) in [5.74, 6) is 0.779. The lowest BCUT2D eigenvalue weighted by molar-refractivity contribution is 0.0950. The van der Waals surface area contributed by atoms with Crippen molar-refractivity contribution in [3.05, 3.63) is 72.2 Å². The normalized spacial score (nSPS) is 11.9. The number of thiocarbonyl (C=S) groups is 1. The molecule has 1 amide bonds. The Balaban J connectivity index is 1.51. The van der Waals surface area contributed by atoms with Crippen LogP contribution in [0.15, 0.2) is 69.7 Å². The van der Waals surface area contributed by atoms with E-state index in [-0.39, 0.29) is 10.9 Å². The molecular weight excluding hydrogens is 398 g/mol. The van der Waals surface area contributed by atoms with Gasteiger partial charge in [0.2, 0.25) is 5.89 Å². The molecule has 6 nitrogen and oxygen atoms in total. The molecule has 2 N–H and O–H groups in total. The highest BCUT2D eigenvalue weighted by molar-refractivity contribution is 7.80. The third kappa shape index (κ3) is 4.26. The molecule has 0 fully saturated rings. The van der Waals surface area contributed by atoms with Gasteiger partial charge in [-0.05, 0) is 72.6 Å². The molecule has 7 heteroatoms. The molecule has 1 atom stereocenters. The minimum atomic E-state index is -0.412. The number of anilines is 1. The van der Waals surface area contributed by atoms with E-state index in [9.17, 15) is 4.79 Å². The van der Waals surface area contributed by atoms with Crippen LogP contribution in [0.1, 0.15) is 42.3 Å². The zero-order chi connectivity index (χ0) is 21.1. The summed E-state index contributed by atoms with van der Waals surface area (Å²) in [7, 11) is 0. The van der Waals surface area contributed by atoms with Crippen LogP contribution in [0.5, 0.6) is 0 Å². The summed E-state index contributed by atoms with van der Waals surface area (Å²) in [6, 6.07) is 16.8. The zero-order valence-electron chi connectivity index (χ0n) is 16.6. The fourth-order valence-corrected chi connectivity index (χ4v) is 3.29. The van der Waals surface area contributed by atoms with Crippen molar-refractivity contribution < 1.29 is 13.6 Å². The number of nitrogens with one attached hydrogen (secondary N) is 2. The van der Waals surface area contributed by atoms with Crippen molar-refractivity contribution in [2.45, 2.75) is 26.2 Å². The molecule has 2 heterocycles. The van der Waals surface area contributed by atoms with Crippen LogP contribution in [-0.2, 0) is 0 Å². The summed E-state index contributed by atoms with van der Waals surface area (Å²) < 4.78 is 11.0. The van der Waals surface area contributed by atoms with E-state index in [0.29, 0.717) is 17.5 Å². The van der Waals surface area contributed by atoms with Crippen molar-refractivity contribution in [1.29, 1.82) is 0 Å². The van der Waals surface area contributed by atoms with Crippen molar-refractivity contribution in [2.24, 2.45) is 0 Å². The lowest BCUT2D eigenvalue weighted by Crippen LogP contribution is -2.33. The molecule has 2 aromatic heterocycles. The first kappa shape index (κ1) is 19.8. The second kappa shape index (κ2) is 8.51. The fraction of sp³-hybridized carbons (Fsp3) is 0.174. The quantitative estimate of drug-likeness (QED) is 0.402. The van der Waals surface area contributed by atoms with Crippen LogP contribution in [0.25, 0.3) is 22.6 Å². The maximum atomic E-state index is 12.0. The standard InChI is InChI=1S/C23H21N3O3S/c1-3-14(2)15-9-10-19-18(13-15)25-22(29-19)16-6-4-7-17(12-16)24-23(30)26-21(27)20-8-5-11-28-20/h4-14H,3H2,1-2H3,(H2,24,26,27,30). The predicted octanol–water partition coefficient (Wildman–Crippen LogP) is 5.73. The van der Waals surface area contributed by atoms with Crippen molar-refractivity contribution in [3.63, 3.8) is 0 Å². The Kier molecular flexibility index (Phi) is 5.63. The Morgan fingerprint density at radius 3 is 2.80 bits per heavy atom. The van der Waals surface area contributed by atoms with E-state index < -0.39 is 5.91 Å². The van der Waals surface area contributed by atoms with Gasteiger partial charge in [0.25, 0.3) is 5.91 Å². The maximum absolute atomic E-state index is 12.0. The van der Waals surface area contributed by atoms with Gasteiger partial charge in [0.1, 0.15) is 5.52 Å². The average molecular weight is 420 g/mol. The second-order valence-electron chi connectivity index (χ2n) is 7.02. The molecule has 0 saturated heterocycles. The van der Waals surface area contributed by atoms with Crippen LogP contribution >= 0.6 is 12.2 Å². The first-order chi connectivity index (χ1) is 14.5. The van der Waals surface area contributed by atoms with Crippen LogP contribution in [-0.4, -0.2) is 16.0 Å². The average Bonchev–Trinajstić information content (AvgIpc) is 3.42. The Morgan fingerprint density at radius 2 is 2.03 bits per heavy atom. The maximum Gasteiger partial charge on any atom is 0.293 e. The summed E-state index contributed by atoms with van der Waals surface area (Å²) in [5.41, 5.74) is 4.35. The smallest absolute Gasteiger partial charge is 0.293 e. The molecule has 2 aromatic carbocycles. The van der Waals surface area contributed by atoms with E-state index in [2.05, 4.69) is 41.6 Å². The number of hydrogen-bond acceptors (Lipinski definition) is 5. The number of nitrogens with zero attached hydrogens (tertiary/aromatic N) is 1. The van der Waals surface area contributed by atoms with Gasteiger partial charge >= 0.3 is 0 Å². The molecule has 0 aliphatic carbocycles. The zero-order valence-corrected chi connectivity index (χ0v) is 17.5. The minimum Gasteiger partial charge on any atom is -0.459 e. The third-order valence-corrected chi connectivity index (χ3v) is 5.14. The van der Waals surface area contributed by atoms with Gasteiger partial charge in [0, 0.05) is 11.3 Å². The summed E-state index contributed by atoms with van der Waals surface area (Å²) in [6.45, 7) is 4.37. The molecule has 152 valence electrons. The molecule has 0 bridgehead atoms. The second-order valence-corrected chi connectivity index (χ2v) is 7.43. The number of furan rings is 1. The lowest BCUT2D eigenvalue weighted by atomic mass is 9.98. The highest BCUT2D eigenvalue weighted by atomic mass is 32.1. The monoisotopic (exact) mass is 419 g/mol. The molecular formula is C23H21N3O3S. The number of oxazole rings is 1. The Labute approximate surface area is 179 Å². The highest BCUT2D eigenvalue weighted by Crippen LogP contribution is 2.29. The van der Waals surface area contributed by atoms with Crippen LogP contribution in [0.2, 0.25) is 0 Å². The van der Waals surface area contributed by atoms with E-state index in [4.69, 9.17) is 21.1 Å². The van der Waals surface area contributed by atoms with Gasteiger partial charge in [0.15, 0.2) is 16.5 Å². The molecule has 4 rings (SSSR count). The highest BCUT2D eigenvalue weighted by Gasteiger charge is 2.13. The number of amides is 1. The molecule has 4 aromatic rings. The van der Waals surface area contributed by atoms with E-state index in [1.54, 1.807) is 12.1 Å². The fourth-order valence-electron chi connectivity index (χ4n) is 3.07. The van der Waals surface area contributed by atoms with Gasteiger partial charge in [-0.25, -0.2) is 4.98 Å². The van der Waals surface area contributed by atoms with Crippen molar-refractivity contribution in [3.8, 4) is 11.5 Å². The summed E-state index contributed by atoms with van der Waals surface area (Å²) in [5, 5.41) is 5.75. The van der Waals surface area contributed by atoms with Crippen molar-refractivity contribution in [1.82, 2.24) is 10.3 Å². The Hall–Kier alpha value is -3.45. The molecule has 0 spiro atoms. The number of carbonyl (C=O) groups excluding carboxylic acids is 1. The van der Waals surface area contributed by atoms with Gasteiger partial charge in [0.05, 0.1) is 6.26 Å². The first-order valence-corrected chi connectivity index (χ1v) is 10.1. The van der Waals surface area contributed by atoms with Crippen molar-refractivity contribution in [2.75, 3.05) is 5.32 Å². The summed E-state index contributed by atoms with van der Waals surface area (Å²) in [4.78, 5) is 16.7. The molecule has 0 saturated carbocycles. The topological polar surface area (TPSA) is 80.3 Å². The van der Waals surface area contributed by atoms with Gasteiger partial charge in [-0.2, -0.15) is 0 Å². The van der Waals surface area contributed by atoms with Crippen LogP contribution in [0.4, 0.5) is 5.69 Å². The molecule has 30 heavy (non-hydrogen) atoms. The summed E-state index contributed by atoms with van der Waals surface area (Å²) >= 11 is 5.22. The number of rotatable bonds is 5. The van der Waals surface area contributed by atoms with Gasteiger partial charge < -0.3 is 14.2 Å². The van der Waals surface area contributed by atoms with Crippen LogP contribution in [0, 0.1) is 0 Å².